The first-order valence-corrected chi connectivity index (χ1v) is 7.70. The van der Waals surface area contributed by atoms with Gasteiger partial charge in [-0.05, 0) is 46.2 Å². The average molecular weight is 344 g/mol. The monoisotopic (exact) mass is 343 g/mol. The molecule has 0 unspecified atom stereocenters. The summed E-state index contributed by atoms with van der Waals surface area (Å²) in [6.45, 7) is 3.98. The van der Waals surface area contributed by atoms with Crippen LogP contribution in [0.4, 0.5) is 4.39 Å². The second-order valence-electron chi connectivity index (χ2n) is 4.10. The van der Waals surface area contributed by atoms with Gasteiger partial charge in [-0.2, -0.15) is 0 Å². The number of rotatable bonds is 6. The molecule has 2 nitrogen and oxygen atoms in total. The van der Waals surface area contributed by atoms with Crippen molar-refractivity contribution in [2.75, 3.05) is 6.54 Å². The maximum absolute atomic E-state index is 13.5. The topological polar surface area (TPSA) is 21.3 Å². The van der Waals surface area contributed by atoms with Crippen LogP contribution in [0.1, 0.15) is 17.4 Å². The third kappa shape index (κ3) is 4.60. The molecule has 0 saturated carbocycles. The van der Waals surface area contributed by atoms with Gasteiger partial charge in [0.05, 0.1) is 0 Å². The Balaban J connectivity index is 2.01. The zero-order chi connectivity index (χ0) is 13.7. The second kappa shape index (κ2) is 7.03. The van der Waals surface area contributed by atoms with Crippen LogP contribution in [0, 0.1) is 5.82 Å². The highest BCUT2D eigenvalue weighted by Gasteiger charge is 2.03. The third-order valence-electron chi connectivity index (χ3n) is 2.51. The highest BCUT2D eigenvalue weighted by atomic mass is 79.9. The fourth-order valence-electron chi connectivity index (χ4n) is 1.66. The van der Waals surface area contributed by atoms with E-state index in [-0.39, 0.29) is 5.82 Å². The molecule has 1 heterocycles. The normalized spacial score (nSPS) is 10.7. The predicted octanol–water partition coefficient (Wildman–Crippen LogP) is 4.34. The van der Waals surface area contributed by atoms with Crippen molar-refractivity contribution in [2.24, 2.45) is 0 Å². The lowest BCUT2D eigenvalue weighted by atomic mass is 10.2. The highest BCUT2D eigenvalue weighted by Crippen LogP contribution is 2.22. The molecule has 0 aliphatic heterocycles. The number of hydrogen-bond acceptors (Lipinski definition) is 3. The Labute approximate surface area is 124 Å². The minimum absolute atomic E-state index is 0.266. The van der Waals surface area contributed by atoms with Crippen LogP contribution in [-0.2, 0) is 13.2 Å². The van der Waals surface area contributed by atoms with Gasteiger partial charge in [0, 0.05) is 27.3 Å². The van der Waals surface area contributed by atoms with Gasteiger partial charge in [-0.1, -0.05) is 6.92 Å². The molecule has 0 radical (unpaired) electrons. The molecule has 2 aromatic rings. The van der Waals surface area contributed by atoms with Gasteiger partial charge in [0.1, 0.15) is 18.2 Å². The number of halogens is 2. The van der Waals surface area contributed by atoms with Gasteiger partial charge in [-0.25, -0.2) is 4.39 Å². The largest absolute Gasteiger partial charge is 0.488 e. The van der Waals surface area contributed by atoms with E-state index in [1.54, 1.807) is 11.3 Å². The fourth-order valence-corrected chi connectivity index (χ4v) is 3.02. The number of thiophene rings is 1. The van der Waals surface area contributed by atoms with Crippen LogP contribution in [0.2, 0.25) is 0 Å². The van der Waals surface area contributed by atoms with Crippen molar-refractivity contribution < 1.29 is 9.13 Å². The summed E-state index contributed by atoms with van der Waals surface area (Å²) in [5, 5.41) is 5.17. The van der Waals surface area contributed by atoms with Gasteiger partial charge in [-0.15, -0.1) is 11.3 Å². The average Bonchev–Trinajstić information content (AvgIpc) is 2.79. The summed E-state index contributed by atoms with van der Waals surface area (Å²) < 4.78 is 20.1. The van der Waals surface area contributed by atoms with Gasteiger partial charge < -0.3 is 10.1 Å². The molecule has 102 valence electrons. The Bertz CT molecular complexity index is 544. The molecule has 0 spiro atoms. The third-order valence-corrected chi connectivity index (χ3v) is 4.18. The summed E-state index contributed by atoms with van der Waals surface area (Å²) in [6.07, 6.45) is 0. The molecule has 0 aliphatic carbocycles. The first kappa shape index (κ1) is 14.5. The van der Waals surface area contributed by atoms with Crippen LogP contribution in [0.15, 0.2) is 34.1 Å². The van der Waals surface area contributed by atoms with Crippen LogP contribution in [0.5, 0.6) is 5.75 Å². The molecule has 2 rings (SSSR count). The summed E-state index contributed by atoms with van der Waals surface area (Å²) in [5.41, 5.74) is 0.893. The van der Waals surface area contributed by atoms with Crippen LogP contribution in [-0.4, -0.2) is 6.54 Å². The lowest BCUT2D eigenvalue weighted by Gasteiger charge is -2.08. The number of benzene rings is 1. The van der Waals surface area contributed by atoms with Crippen molar-refractivity contribution in [3.8, 4) is 5.75 Å². The number of nitrogens with one attached hydrogen (secondary N) is 1. The molecule has 1 aromatic heterocycles. The molecule has 0 bridgehead atoms. The predicted molar refractivity (Wildman–Crippen MR) is 80.1 cm³/mol. The molecule has 19 heavy (non-hydrogen) atoms. The van der Waals surface area contributed by atoms with E-state index in [9.17, 15) is 4.39 Å². The Morgan fingerprint density at radius 1 is 1.32 bits per heavy atom. The molecule has 0 aliphatic rings. The van der Waals surface area contributed by atoms with Crippen LogP contribution >= 0.6 is 27.3 Å². The zero-order valence-corrected chi connectivity index (χ0v) is 13.0. The summed E-state index contributed by atoms with van der Waals surface area (Å²) in [5.74, 6) is 0.301. The summed E-state index contributed by atoms with van der Waals surface area (Å²) >= 11 is 5.01. The number of ether oxygens (including phenoxy) is 1. The SMILES string of the molecule is CCNCc1cc(F)cc(OCc2cc(Br)cs2)c1. The Kier molecular flexibility index (Phi) is 5.36. The smallest absolute Gasteiger partial charge is 0.127 e. The Morgan fingerprint density at radius 2 is 2.16 bits per heavy atom. The van der Waals surface area contributed by atoms with E-state index in [0.717, 1.165) is 21.5 Å². The number of hydrogen-bond donors (Lipinski definition) is 1. The van der Waals surface area contributed by atoms with E-state index in [1.165, 1.54) is 12.1 Å². The van der Waals surface area contributed by atoms with E-state index in [4.69, 9.17) is 4.74 Å². The molecular formula is C14H15BrFNOS. The Morgan fingerprint density at radius 3 is 2.84 bits per heavy atom. The van der Waals surface area contributed by atoms with E-state index in [1.807, 2.05) is 24.4 Å². The van der Waals surface area contributed by atoms with Crippen molar-refractivity contribution in [3.05, 3.63) is 50.4 Å². The lowest BCUT2D eigenvalue weighted by molar-refractivity contribution is 0.307. The second-order valence-corrected chi connectivity index (χ2v) is 6.01. The first-order chi connectivity index (χ1) is 9.17. The summed E-state index contributed by atoms with van der Waals surface area (Å²) in [4.78, 5) is 1.10. The maximum atomic E-state index is 13.5. The van der Waals surface area contributed by atoms with Crippen molar-refractivity contribution in [1.29, 1.82) is 0 Å². The highest BCUT2D eigenvalue weighted by molar-refractivity contribution is 9.10. The van der Waals surface area contributed by atoms with Crippen molar-refractivity contribution in [2.45, 2.75) is 20.1 Å². The molecule has 0 atom stereocenters. The molecule has 0 fully saturated rings. The quantitative estimate of drug-likeness (QED) is 0.842. The minimum atomic E-state index is -0.266. The van der Waals surface area contributed by atoms with Gasteiger partial charge in [-0.3, -0.25) is 0 Å². The van der Waals surface area contributed by atoms with Crippen molar-refractivity contribution in [3.63, 3.8) is 0 Å². The van der Waals surface area contributed by atoms with Gasteiger partial charge >= 0.3 is 0 Å². The standard InChI is InChI=1S/C14H15BrFNOS/c1-2-17-7-10-3-12(16)6-13(4-10)18-8-14-5-11(15)9-19-14/h3-6,9,17H,2,7-8H2,1H3. The fraction of sp³-hybridized carbons (Fsp3) is 0.286. The first-order valence-electron chi connectivity index (χ1n) is 6.03. The molecule has 0 saturated heterocycles. The van der Waals surface area contributed by atoms with E-state index < -0.39 is 0 Å². The van der Waals surface area contributed by atoms with Gasteiger partial charge in [0.2, 0.25) is 0 Å². The molecule has 1 N–H and O–H groups in total. The van der Waals surface area contributed by atoms with Gasteiger partial charge in [0.15, 0.2) is 0 Å². The van der Waals surface area contributed by atoms with Crippen LogP contribution < -0.4 is 10.1 Å². The maximum Gasteiger partial charge on any atom is 0.127 e. The molecular weight excluding hydrogens is 329 g/mol. The van der Waals surface area contributed by atoms with E-state index >= 15 is 0 Å². The zero-order valence-electron chi connectivity index (χ0n) is 10.6. The molecule has 5 heteroatoms. The lowest BCUT2D eigenvalue weighted by Crippen LogP contribution is -2.12. The minimum Gasteiger partial charge on any atom is -0.488 e. The van der Waals surface area contributed by atoms with E-state index in [2.05, 4.69) is 21.2 Å². The molecule has 1 aromatic carbocycles. The molecule has 0 amide bonds. The van der Waals surface area contributed by atoms with Gasteiger partial charge in [0.25, 0.3) is 0 Å². The van der Waals surface area contributed by atoms with Crippen molar-refractivity contribution in [1.82, 2.24) is 5.32 Å². The summed E-state index contributed by atoms with van der Waals surface area (Å²) in [7, 11) is 0. The van der Waals surface area contributed by atoms with Crippen molar-refractivity contribution >= 4 is 27.3 Å². The van der Waals surface area contributed by atoms with Crippen LogP contribution in [0.25, 0.3) is 0 Å². The van der Waals surface area contributed by atoms with E-state index in [0.29, 0.717) is 18.9 Å². The summed E-state index contributed by atoms with van der Waals surface area (Å²) in [6, 6.07) is 6.81. The van der Waals surface area contributed by atoms with Crippen LogP contribution in [0.3, 0.4) is 0 Å². The Hall–Kier alpha value is -0.910.